The van der Waals surface area contributed by atoms with Gasteiger partial charge in [-0.3, -0.25) is 5.32 Å². The molecule has 0 spiro atoms. The zero-order chi connectivity index (χ0) is 14.4. The molecule has 1 aromatic heterocycles. The fourth-order valence-electron chi connectivity index (χ4n) is 1.72. The standard InChI is InChI=1S/C14H17N3O2S/c1-10-9-20-14(16-10)17-13(19)15-8-12(18)7-11-5-3-2-4-6-11/h2-6,9,12,18H,7-8H2,1H3,(H2,15,16,17,19). The van der Waals surface area contributed by atoms with Crippen LogP contribution in [0.15, 0.2) is 35.7 Å². The lowest BCUT2D eigenvalue weighted by Crippen LogP contribution is -2.36. The minimum atomic E-state index is -0.610. The maximum absolute atomic E-state index is 11.6. The van der Waals surface area contributed by atoms with E-state index in [1.807, 2.05) is 42.6 Å². The molecule has 1 atom stereocenters. The maximum atomic E-state index is 11.6. The number of benzene rings is 1. The summed E-state index contributed by atoms with van der Waals surface area (Å²) in [6, 6.07) is 9.31. The highest BCUT2D eigenvalue weighted by atomic mass is 32.1. The van der Waals surface area contributed by atoms with Gasteiger partial charge in [-0.2, -0.15) is 0 Å². The van der Waals surface area contributed by atoms with Crippen LogP contribution in [-0.2, 0) is 6.42 Å². The number of carbonyl (C=O) groups is 1. The van der Waals surface area contributed by atoms with Crippen LogP contribution < -0.4 is 10.6 Å². The molecular weight excluding hydrogens is 274 g/mol. The number of amides is 2. The molecule has 2 amide bonds. The second-order valence-electron chi connectivity index (χ2n) is 4.47. The first kappa shape index (κ1) is 14.5. The van der Waals surface area contributed by atoms with E-state index in [9.17, 15) is 9.90 Å². The molecule has 0 aliphatic carbocycles. The van der Waals surface area contributed by atoms with Crippen molar-refractivity contribution >= 4 is 22.5 Å². The molecule has 5 nitrogen and oxygen atoms in total. The second kappa shape index (κ2) is 7.02. The Hall–Kier alpha value is -1.92. The van der Waals surface area contributed by atoms with Gasteiger partial charge in [-0.15, -0.1) is 11.3 Å². The number of anilines is 1. The summed E-state index contributed by atoms with van der Waals surface area (Å²) in [5, 5.41) is 17.5. The number of thiazole rings is 1. The molecule has 20 heavy (non-hydrogen) atoms. The lowest BCUT2D eigenvalue weighted by atomic mass is 10.1. The van der Waals surface area contributed by atoms with Gasteiger partial charge < -0.3 is 10.4 Å². The van der Waals surface area contributed by atoms with Crippen molar-refractivity contribution in [2.75, 3.05) is 11.9 Å². The van der Waals surface area contributed by atoms with Crippen LogP contribution >= 0.6 is 11.3 Å². The zero-order valence-electron chi connectivity index (χ0n) is 11.2. The number of hydrogen-bond donors (Lipinski definition) is 3. The van der Waals surface area contributed by atoms with Crippen LogP contribution in [0.3, 0.4) is 0 Å². The molecule has 2 rings (SSSR count). The number of carbonyl (C=O) groups excluding carboxylic acids is 1. The van der Waals surface area contributed by atoms with E-state index in [4.69, 9.17) is 0 Å². The van der Waals surface area contributed by atoms with E-state index < -0.39 is 6.10 Å². The Labute approximate surface area is 121 Å². The summed E-state index contributed by atoms with van der Waals surface area (Å²) in [4.78, 5) is 15.7. The molecule has 0 fully saturated rings. The molecule has 3 N–H and O–H groups in total. The van der Waals surface area contributed by atoms with Crippen molar-refractivity contribution in [2.24, 2.45) is 0 Å². The molecule has 2 aromatic rings. The first-order valence-electron chi connectivity index (χ1n) is 6.32. The molecule has 0 aliphatic rings. The highest BCUT2D eigenvalue weighted by Crippen LogP contribution is 2.13. The normalized spacial score (nSPS) is 11.9. The maximum Gasteiger partial charge on any atom is 0.321 e. The van der Waals surface area contributed by atoms with Crippen molar-refractivity contribution in [3.05, 3.63) is 47.0 Å². The first-order valence-corrected chi connectivity index (χ1v) is 7.20. The predicted molar refractivity (Wildman–Crippen MR) is 80.0 cm³/mol. The molecule has 0 saturated carbocycles. The smallest absolute Gasteiger partial charge is 0.321 e. The molecule has 0 aliphatic heterocycles. The Kier molecular flexibility index (Phi) is 5.09. The van der Waals surface area contributed by atoms with Gasteiger partial charge in [0, 0.05) is 18.3 Å². The van der Waals surface area contributed by atoms with E-state index in [2.05, 4.69) is 15.6 Å². The summed E-state index contributed by atoms with van der Waals surface area (Å²) in [6.45, 7) is 2.06. The predicted octanol–water partition coefficient (Wildman–Crippen LogP) is 2.18. The van der Waals surface area contributed by atoms with E-state index in [0.717, 1.165) is 11.3 Å². The van der Waals surface area contributed by atoms with Gasteiger partial charge in [0.1, 0.15) is 0 Å². The lowest BCUT2D eigenvalue weighted by molar-refractivity contribution is 0.172. The van der Waals surface area contributed by atoms with Crippen molar-refractivity contribution in [1.82, 2.24) is 10.3 Å². The molecule has 106 valence electrons. The minimum absolute atomic E-state index is 0.199. The molecule has 6 heteroatoms. The van der Waals surface area contributed by atoms with Crippen molar-refractivity contribution in [3.8, 4) is 0 Å². The first-order chi connectivity index (χ1) is 9.63. The summed E-state index contributed by atoms with van der Waals surface area (Å²) in [6.07, 6.45) is -0.0986. The number of aliphatic hydroxyl groups excluding tert-OH is 1. The molecule has 0 radical (unpaired) electrons. The molecule has 1 aromatic carbocycles. The minimum Gasteiger partial charge on any atom is -0.391 e. The second-order valence-corrected chi connectivity index (χ2v) is 5.33. The van der Waals surface area contributed by atoms with E-state index in [1.54, 1.807) is 0 Å². The van der Waals surface area contributed by atoms with Gasteiger partial charge in [0.25, 0.3) is 0 Å². The SMILES string of the molecule is Cc1csc(NC(=O)NCC(O)Cc2ccccc2)n1. The fourth-order valence-corrected chi connectivity index (χ4v) is 2.40. The van der Waals surface area contributed by atoms with Gasteiger partial charge in [0.2, 0.25) is 0 Å². The number of nitrogens with zero attached hydrogens (tertiary/aromatic N) is 1. The monoisotopic (exact) mass is 291 g/mol. The molecule has 1 unspecified atom stereocenters. The summed E-state index contributed by atoms with van der Waals surface area (Å²) >= 11 is 1.37. The Morgan fingerprint density at radius 1 is 1.40 bits per heavy atom. The van der Waals surface area contributed by atoms with Gasteiger partial charge in [0.15, 0.2) is 5.13 Å². The van der Waals surface area contributed by atoms with Crippen molar-refractivity contribution in [1.29, 1.82) is 0 Å². The third-order valence-electron chi connectivity index (χ3n) is 2.65. The van der Waals surface area contributed by atoms with E-state index >= 15 is 0 Å². The number of rotatable bonds is 5. The van der Waals surface area contributed by atoms with Crippen LogP contribution in [0.1, 0.15) is 11.3 Å². The molecule has 0 bridgehead atoms. The van der Waals surface area contributed by atoms with Gasteiger partial charge in [-0.05, 0) is 12.5 Å². The Balaban J connectivity index is 1.73. The number of aryl methyl sites for hydroxylation is 1. The van der Waals surface area contributed by atoms with Crippen molar-refractivity contribution < 1.29 is 9.90 Å². The van der Waals surface area contributed by atoms with Crippen molar-refractivity contribution in [2.45, 2.75) is 19.4 Å². The van der Waals surface area contributed by atoms with E-state index in [-0.39, 0.29) is 12.6 Å². The number of hydrogen-bond acceptors (Lipinski definition) is 4. The van der Waals surface area contributed by atoms with E-state index in [0.29, 0.717) is 11.6 Å². The van der Waals surface area contributed by atoms with Gasteiger partial charge >= 0.3 is 6.03 Å². The Morgan fingerprint density at radius 3 is 2.80 bits per heavy atom. The van der Waals surface area contributed by atoms with Crippen LogP contribution in [-0.4, -0.2) is 28.8 Å². The Bertz CT molecular complexity index is 557. The van der Waals surface area contributed by atoms with Crippen LogP contribution in [0.25, 0.3) is 0 Å². The number of aromatic nitrogens is 1. The van der Waals surface area contributed by atoms with Crippen LogP contribution in [0.4, 0.5) is 9.93 Å². The van der Waals surface area contributed by atoms with Crippen molar-refractivity contribution in [3.63, 3.8) is 0 Å². The average molecular weight is 291 g/mol. The Morgan fingerprint density at radius 2 is 2.15 bits per heavy atom. The van der Waals surface area contributed by atoms with Gasteiger partial charge in [0.05, 0.1) is 11.8 Å². The number of nitrogens with one attached hydrogen (secondary N) is 2. The lowest BCUT2D eigenvalue weighted by Gasteiger charge is -2.12. The molecular formula is C14H17N3O2S. The molecule has 1 heterocycles. The third-order valence-corrected chi connectivity index (χ3v) is 3.53. The number of urea groups is 1. The summed E-state index contributed by atoms with van der Waals surface area (Å²) in [7, 11) is 0. The quantitative estimate of drug-likeness (QED) is 0.790. The largest absolute Gasteiger partial charge is 0.391 e. The van der Waals surface area contributed by atoms with Crippen LogP contribution in [0.2, 0.25) is 0 Å². The zero-order valence-corrected chi connectivity index (χ0v) is 12.0. The van der Waals surface area contributed by atoms with Gasteiger partial charge in [-0.25, -0.2) is 9.78 Å². The number of aliphatic hydroxyl groups is 1. The molecule has 0 saturated heterocycles. The topological polar surface area (TPSA) is 74.2 Å². The van der Waals surface area contributed by atoms with E-state index in [1.165, 1.54) is 11.3 Å². The van der Waals surface area contributed by atoms with Crippen LogP contribution in [0.5, 0.6) is 0 Å². The fraction of sp³-hybridized carbons (Fsp3) is 0.286. The summed E-state index contributed by atoms with van der Waals surface area (Å²) in [5.41, 5.74) is 1.91. The summed E-state index contributed by atoms with van der Waals surface area (Å²) < 4.78 is 0. The highest BCUT2D eigenvalue weighted by Gasteiger charge is 2.09. The highest BCUT2D eigenvalue weighted by molar-refractivity contribution is 7.13. The summed E-state index contributed by atoms with van der Waals surface area (Å²) in [5.74, 6) is 0. The van der Waals surface area contributed by atoms with Gasteiger partial charge in [-0.1, -0.05) is 30.3 Å². The third kappa shape index (κ3) is 4.64. The van der Waals surface area contributed by atoms with Crippen LogP contribution in [0, 0.1) is 6.92 Å². The average Bonchev–Trinajstić information content (AvgIpc) is 2.83.